The molecule has 1 aromatic heterocycles. The van der Waals surface area contributed by atoms with E-state index in [1.165, 1.54) is 28.0 Å². The van der Waals surface area contributed by atoms with Crippen LogP contribution in [0.2, 0.25) is 0 Å². The van der Waals surface area contributed by atoms with Gasteiger partial charge in [-0.2, -0.15) is 0 Å². The van der Waals surface area contributed by atoms with Crippen molar-refractivity contribution >= 4 is 39.3 Å². The Kier molecular flexibility index (Phi) is 7.66. The van der Waals surface area contributed by atoms with E-state index in [0.717, 1.165) is 10.9 Å². The van der Waals surface area contributed by atoms with E-state index in [9.17, 15) is 14.0 Å². The number of halogens is 2. The molecule has 0 saturated carbocycles. The summed E-state index contributed by atoms with van der Waals surface area (Å²) in [5.74, 6) is -0.334. The summed E-state index contributed by atoms with van der Waals surface area (Å²) in [7, 11) is 1.55. The molecule has 0 aliphatic carbocycles. The quantitative estimate of drug-likeness (QED) is 0.401. The Balaban J connectivity index is 2.04. The van der Waals surface area contributed by atoms with Gasteiger partial charge in [-0.1, -0.05) is 52.7 Å². The van der Waals surface area contributed by atoms with Crippen molar-refractivity contribution in [2.24, 2.45) is 4.99 Å². The van der Waals surface area contributed by atoms with Gasteiger partial charge in [-0.25, -0.2) is 14.2 Å². The standard InChI is InChI=1S/C26H24BrFN2O4S/c1-4-6-19-22(25(32)34-5-2)23(18-14-16(27)9-12-20(18)33-3)30-24(31)21(35-26(30)29-19)13-15-7-10-17(28)11-8-15/h7-14,23H,4-6H2,1-3H3/b21-13+/t23-/m0/s1. The van der Waals surface area contributed by atoms with Crippen LogP contribution in [0.1, 0.15) is 43.9 Å². The lowest BCUT2D eigenvalue weighted by Gasteiger charge is -2.27. The van der Waals surface area contributed by atoms with Crippen molar-refractivity contribution in [3.63, 3.8) is 0 Å². The molecule has 2 aromatic carbocycles. The topological polar surface area (TPSA) is 69.9 Å². The lowest BCUT2D eigenvalue weighted by atomic mass is 9.93. The molecule has 0 bridgehead atoms. The second-order valence-corrected chi connectivity index (χ2v) is 9.78. The first-order valence-corrected chi connectivity index (χ1v) is 12.8. The number of nitrogens with zero attached hydrogens (tertiary/aromatic N) is 2. The fraction of sp³-hybridized carbons (Fsp3) is 0.269. The monoisotopic (exact) mass is 558 g/mol. The van der Waals surface area contributed by atoms with Crippen LogP contribution in [-0.2, 0) is 9.53 Å². The third kappa shape index (κ3) is 5.01. The maximum absolute atomic E-state index is 13.7. The van der Waals surface area contributed by atoms with E-state index >= 15 is 0 Å². The number of allylic oxidation sites excluding steroid dienone is 1. The Bertz CT molecular complexity index is 1470. The zero-order valence-corrected chi connectivity index (χ0v) is 21.9. The molecule has 0 radical (unpaired) electrons. The van der Waals surface area contributed by atoms with E-state index in [2.05, 4.69) is 15.9 Å². The number of methoxy groups -OCH3 is 1. The second-order valence-electron chi connectivity index (χ2n) is 7.85. The van der Waals surface area contributed by atoms with Gasteiger partial charge in [-0.15, -0.1) is 0 Å². The van der Waals surface area contributed by atoms with Crippen molar-refractivity contribution in [1.29, 1.82) is 0 Å². The van der Waals surface area contributed by atoms with E-state index in [1.54, 1.807) is 38.3 Å². The average Bonchev–Trinajstić information content (AvgIpc) is 3.14. The summed E-state index contributed by atoms with van der Waals surface area (Å²) in [6, 6.07) is 10.6. The Morgan fingerprint density at radius 3 is 2.63 bits per heavy atom. The zero-order valence-electron chi connectivity index (χ0n) is 19.5. The Labute approximate surface area is 214 Å². The van der Waals surface area contributed by atoms with Crippen LogP contribution in [0.5, 0.6) is 5.75 Å². The molecule has 0 amide bonds. The number of carbonyl (C=O) groups excluding carboxylic acids is 1. The van der Waals surface area contributed by atoms with Crippen molar-refractivity contribution < 1.29 is 18.7 Å². The maximum atomic E-state index is 13.7. The summed E-state index contributed by atoms with van der Waals surface area (Å²) in [5.41, 5.74) is 1.94. The smallest absolute Gasteiger partial charge is 0.338 e. The van der Waals surface area contributed by atoms with Gasteiger partial charge < -0.3 is 9.47 Å². The molecule has 4 rings (SSSR count). The second kappa shape index (κ2) is 10.7. The highest BCUT2D eigenvalue weighted by atomic mass is 79.9. The molecule has 182 valence electrons. The molecular weight excluding hydrogens is 535 g/mol. The summed E-state index contributed by atoms with van der Waals surface area (Å²) < 4.78 is 27.1. The van der Waals surface area contributed by atoms with Crippen LogP contribution >= 0.6 is 27.3 Å². The van der Waals surface area contributed by atoms with E-state index in [-0.39, 0.29) is 18.0 Å². The highest BCUT2D eigenvalue weighted by molar-refractivity contribution is 9.10. The van der Waals surface area contributed by atoms with Gasteiger partial charge in [0.2, 0.25) is 0 Å². The van der Waals surface area contributed by atoms with Gasteiger partial charge in [0.05, 0.1) is 29.5 Å². The van der Waals surface area contributed by atoms with Gasteiger partial charge >= 0.3 is 5.97 Å². The number of benzene rings is 2. The van der Waals surface area contributed by atoms with Crippen LogP contribution in [0.15, 0.2) is 68.0 Å². The summed E-state index contributed by atoms with van der Waals surface area (Å²) >= 11 is 4.74. The molecule has 6 nitrogen and oxygen atoms in total. The molecule has 0 spiro atoms. The largest absolute Gasteiger partial charge is 0.496 e. The number of ether oxygens (including phenoxy) is 2. The third-order valence-electron chi connectivity index (χ3n) is 5.55. The number of esters is 1. The highest BCUT2D eigenvalue weighted by Gasteiger charge is 2.36. The predicted molar refractivity (Wildman–Crippen MR) is 137 cm³/mol. The fourth-order valence-corrected chi connectivity index (χ4v) is 5.44. The summed E-state index contributed by atoms with van der Waals surface area (Å²) in [6.07, 6.45) is 3.00. The molecule has 1 aliphatic heterocycles. The third-order valence-corrected chi connectivity index (χ3v) is 7.02. The molecule has 9 heteroatoms. The number of thiazole rings is 1. The SMILES string of the molecule is CCCC1=C(C(=O)OCC)[C@H](c2cc(Br)ccc2OC)n2c(s/c(=C/c3ccc(F)cc3)c2=O)=N1. The van der Waals surface area contributed by atoms with Crippen molar-refractivity contribution in [2.75, 3.05) is 13.7 Å². The van der Waals surface area contributed by atoms with Gasteiger partial charge in [0.25, 0.3) is 5.56 Å². The number of hydrogen-bond donors (Lipinski definition) is 0. The number of hydrogen-bond acceptors (Lipinski definition) is 6. The van der Waals surface area contributed by atoms with Gasteiger partial charge in [0.15, 0.2) is 4.80 Å². The van der Waals surface area contributed by atoms with E-state index in [0.29, 0.717) is 43.9 Å². The van der Waals surface area contributed by atoms with Crippen LogP contribution in [0.25, 0.3) is 6.08 Å². The number of rotatable bonds is 7. The first kappa shape index (κ1) is 25.1. The van der Waals surface area contributed by atoms with Crippen LogP contribution in [0.4, 0.5) is 4.39 Å². The number of fused-ring (bicyclic) bond motifs is 1. The van der Waals surface area contributed by atoms with Crippen LogP contribution in [0, 0.1) is 5.82 Å². The molecule has 1 atom stereocenters. The van der Waals surface area contributed by atoms with Gasteiger partial charge in [-0.05, 0) is 55.3 Å². The van der Waals surface area contributed by atoms with Crippen molar-refractivity contribution in [3.05, 3.63) is 94.8 Å². The molecule has 0 saturated heterocycles. The fourth-order valence-electron chi connectivity index (χ4n) is 4.04. The van der Waals surface area contributed by atoms with Crippen LogP contribution < -0.4 is 19.6 Å². The molecular formula is C26H24BrFN2O4S. The Morgan fingerprint density at radius 2 is 1.97 bits per heavy atom. The Hall–Kier alpha value is -3.04. The lowest BCUT2D eigenvalue weighted by Crippen LogP contribution is -2.40. The van der Waals surface area contributed by atoms with Crippen molar-refractivity contribution in [3.8, 4) is 5.75 Å². The normalized spacial score (nSPS) is 15.6. The summed E-state index contributed by atoms with van der Waals surface area (Å²) in [5, 5.41) is 0. The average molecular weight is 559 g/mol. The Morgan fingerprint density at radius 1 is 1.23 bits per heavy atom. The van der Waals surface area contributed by atoms with Gasteiger partial charge in [0, 0.05) is 10.0 Å². The van der Waals surface area contributed by atoms with E-state index in [4.69, 9.17) is 14.5 Å². The summed E-state index contributed by atoms with van der Waals surface area (Å²) in [6.45, 7) is 3.94. The minimum absolute atomic E-state index is 0.194. The predicted octanol–water partition coefficient (Wildman–Crippen LogP) is 4.49. The van der Waals surface area contributed by atoms with Crippen LogP contribution in [-0.4, -0.2) is 24.3 Å². The van der Waals surface area contributed by atoms with Crippen molar-refractivity contribution in [1.82, 2.24) is 4.57 Å². The molecule has 3 aromatic rings. The first-order valence-electron chi connectivity index (χ1n) is 11.2. The molecule has 0 unspecified atom stereocenters. The lowest BCUT2D eigenvalue weighted by molar-refractivity contribution is -0.139. The zero-order chi connectivity index (χ0) is 25.1. The van der Waals surface area contributed by atoms with E-state index < -0.39 is 12.0 Å². The molecule has 0 N–H and O–H groups in total. The van der Waals surface area contributed by atoms with Crippen LogP contribution in [0.3, 0.4) is 0 Å². The highest BCUT2D eigenvalue weighted by Crippen LogP contribution is 2.38. The molecule has 2 heterocycles. The van der Waals surface area contributed by atoms with Gasteiger partial charge in [-0.3, -0.25) is 9.36 Å². The van der Waals surface area contributed by atoms with Crippen molar-refractivity contribution in [2.45, 2.75) is 32.7 Å². The molecule has 0 fully saturated rings. The first-order chi connectivity index (χ1) is 16.9. The number of carbonyl (C=O) groups is 1. The minimum Gasteiger partial charge on any atom is -0.496 e. The van der Waals surface area contributed by atoms with Gasteiger partial charge in [0.1, 0.15) is 17.6 Å². The maximum Gasteiger partial charge on any atom is 0.338 e. The minimum atomic E-state index is -0.783. The molecule has 1 aliphatic rings. The van der Waals surface area contributed by atoms with E-state index in [1.807, 2.05) is 19.1 Å². The molecule has 35 heavy (non-hydrogen) atoms. The summed E-state index contributed by atoms with van der Waals surface area (Å²) in [4.78, 5) is 32.2. The number of aromatic nitrogens is 1.